The smallest absolute Gasteiger partial charge is 0.251 e. The van der Waals surface area contributed by atoms with Crippen LogP contribution in [0.2, 0.25) is 0 Å². The minimum atomic E-state index is -1.63. The lowest BCUT2D eigenvalue weighted by atomic mass is 9.82. The topological polar surface area (TPSA) is 127 Å². The normalized spacial score (nSPS) is 18.1. The molecule has 0 bridgehead atoms. The number of primary amides is 1. The average molecular weight is 501 g/mol. The van der Waals surface area contributed by atoms with E-state index in [1.165, 1.54) is 31.2 Å². The second kappa shape index (κ2) is 8.94. The van der Waals surface area contributed by atoms with E-state index >= 15 is 0 Å². The SMILES string of the molecule is C[C@](O)(CNC(=O)c1ccc2ncccc2c1)c1cc2c(c(-c3ccc(F)cc3)n1)OC[C@]2(C)C(N)=O. The van der Waals surface area contributed by atoms with E-state index in [1.54, 1.807) is 43.5 Å². The second-order valence-corrected chi connectivity index (χ2v) is 9.59. The summed E-state index contributed by atoms with van der Waals surface area (Å²) in [6.07, 6.45) is 1.68. The molecule has 1 aliphatic rings. The number of hydrogen-bond donors (Lipinski definition) is 3. The zero-order valence-corrected chi connectivity index (χ0v) is 20.3. The van der Waals surface area contributed by atoms with Crippen molar-refractivity contribution in [2.45, 2.75) is 24.9 Å². The Labute approximate surface area is 212 Å². The van der Waals surface area contributed by atoms with E-state index in [4.69, 9.17) is 10.5 Å². The molecule has 0 spiro atoms. The summed E-state index contributed by atoms with van der Waals surface area (Å²) in [6, 6.07) is 16.0. The van der Waals surface area contributed by atoms with Crippen LogP contribution >= 0.6 is 0 Å². The number of aliphatic hydroxyl groups is 1. The van der Waals surface area contributed by atoms with E-state index < -0.39 is 22.7 Å². The predicted octanol–water partition coefficient (Wildman–Crippen LogP) is 3.21. The van der Waals surface area contributed by atoms with Gasteiger partial charge in [0.25, 0.3) is 5.91 Å². The van der Waals surface area contributed by atoms with Gasteiger partial charge in [0, 0.05) is 28.3 Å². The van der Waals surface area contributed by atoms with Crippen molar-refractivity contribution in [1.29, 1.82) is 0 Å². The van der Waals surface area contributed by atoms with E-state index in [0.29, 0.717) is 28.1 Å². The van der Waals surface area contributed by atoms with Gasteiger partial charge in [-0.2, -0.15) is 0 Å². The van der Waals surface area contributed by atoms with Crippen molar-refractivity contribution in [2.24, 2.45) is 5.73 Å². The number of halogens is 1. The fourth-order valence-corrected chi connectivity index (χ4v) is 4.33. The molecule has 4 aromatic rings. The molecule has 5 rings (SSSR count). The largest absolute Gasteiger partial charge is 0.489 e. The van der Waals surface area contributed by atoms with Gasteiger partial charge in [0.2, 0.25) is 5.91 Å². The Hall–Kier alpha value is -4.37. The van der Waals surface area contributed by atoms with Crippen LogP contribution in [0.1, 0.15) is 35.5 Å². The first-order chi connectivity index (χ1) is 17.6. The van der Waals surface area contributed by atoms with E-state index in [0.717, 1.165) is 10.9 Å². The van der Waals surface area contributed by atoms with Gasteiger partial charge in [-0.1, -0.05) is 6.07 Å². The summed E-state index contributed by atoms with van der Waals surface area (Å²) in [6.45, 7) is 3.01. The van der Waals surface area contributed by atoms with E-state index in [1.807, 2.05) is 6.07 Å². The molecule has 4 N–H and O–H groups in total. The Bertz CT molecular complexity index is 1540. The van der Waals surface area contributed by atoms with Crippen LogP contribution in [0.5, 0.6) is 5.75 Å². The highest BCUT2D eigenvalue weighted by atomic mass is 19.1. The Balaban J connectivity index is 1.49. The molecule has 188 valence electrons. The Kier molecular flexibility index (Phi) is 5.88. The number of hydrogen-bond acceptors (Lipinski definition) is 6. The summed E-state index contributed by atoms with van der Waals surface area (Å²) >= 11 is 0. The molecule has 0 radical (unpaired) electrons. The lowest BCUT2D eigenvalue weighted by molar-refractivity contribution is -0.123. The van der Waals surface area contributed by atoms with Gasteiger partial charge < -0.3 is 20.9 Å². The average Bonchev–Trinajstić information content (AvgIpc) is 3.25. The van der Waals surface area contributed by atoms with Crippen LogP contribution < -0.4 is 15.8 Å². The highest BCUT2D eigenvalue weighted by molar-refractivity contribution is 5.98. The number of carbonyl (C=O) groups is 2. The Morgan fingerprint density at radius 3 is 2.68 bits per heavy atom. The molecule has 2 aromatic heterocycles. The first-order valence-electron chi connectivity index (χ1n) is 11.7. The molecule has 0 unspecified atom stereocenters. The van der Waals surface area contributed by atoms with Gasteiger partial charge >= 0.3 is 0 Å². The van der Waals surface area contributed by atoms with Crippen LogP contribution in [0, 0.1) is 5.82 Å². The number of nitrogens with one attached hydrogen (secondary N) is 1. The molecule has 0 saturated heterocycles. The molecular formula is C28H25FN4O4. The summed E-state index contributed by atoms with van der Waals surface area (Å²) in [5.41, 5.74) is 5.66. The van der Waals surface area contributed by atoms with E-state index in [9.17, 15) is 19.1 Å². The summed E-state index contributed by atoms with van der Waals surface area (Å²) < 4.78 is 19.4. The third kappa shape index (κ3) is 4.38. The van der Waals surface area contributed by atoms with Crippen molar-refractivity contribution >= 4 is 22.7 Å². The zero-order valence-electron chi connectivity index (χ0n) is 20.3. The van der Waals surface area contributed by atoms with Gasteiger partial charge in [-0.25, -0.2) is 9.37 Å². The van der Waals surface area contributed by atoms with Gasteiger partial charge in [-0.15, -0.1) is 0 Å². The molecular weight excluding hydrogens is 475 g/mol. The molecule has 2 aromatic carbocycles. The van der Waals surface area contributed by atoms with Gasteiger partial charge in [-0.3, -0.25) is 14.6 Å². The Morgan fingerprint density at radius 1 is 1.19 bits per heavy atom. The number of rotatable bonds is 6. The third-order valence-electron chi connectivity index (χ3n) is 6.74. The van der Waals surface area contributed by atoms with Gasteiger partial charge in [0.1, 0.15) is 34.9 Å². The molecule has 37 heavy (non-hydrogen) atoms. The minimum absolute atomic E-state index is 0.00664. The first-order valence-corrected chi connectivity index (χ1v) is 11.7. The first kappa shape index (κ1) is 24.3. The van der Waals surface area contributed by atoms with Crippen LogP contribution in [-0.2, 0) is 15.8 Å². The van der Waals surface area contributed by atoms with E-state index in [-0.39, 0.29) is 24.8 Å². The van der Waals surface area contributed by atoms with Gasteiger partial charge in [0.15, 0.2) is 0 Å². The number of pyridine rings is 2. The number of fused-ring (bicyclic) bond motifs is 2. The van der Waals surface area contributed by atoms with Crippen LogP contribution in [0.25, 0.3) is 22.2 Å². The molecule has 3 heterocycles. The monoisotopic (exact) mass is 500 g/mol. The van der Waals surface area contributed by atoms with Gasteiger partial charge in [0.05, 0.1) is 17.8 Å². The van der Waals surface area contributed by atoms with Gasteiger partial charge in [-0.05, 0) is 68.4 Å². The standard InChI is InChI=1S/C28H25FN4O4/c1-27(26(30)35)15-37-24-20(27)13-22(33-23(24)16-5-8-19(29)9-6-16)28(2,36)14-32-25(34)18-7-10-21-17(12-18)4-3-11-31-21/h3-13,36H,14-15H2,1-2H3,(H2,30,35)(H,32,34)/t27-,28-/m0/s1. The molecule has 0 aliphatic carbocycles. The third-order valence-corrected chi connectivity index (χ3v) is 6.74. The molecule has 2 atom stereocenters. The minimum Gasteiger partial charge on any atom is -0.489 e. The van der Waals surface area contributed by atoms with Crippen LogP contribution in [0.3, 0.4) is 0 Å². The molecule has 0 fully saturated rings. The molecule has 8 nitrogen and oxygen atoms in total. The zero-order chi connectivity index (χ0) is 26.4. The number of benzene rings is 2. The molecule has 2 amide bonds. The lowest BCUT2D eigenvalue weighted by Crippen LogP contribution is -2.41. The van der Waals surface area contributed by atoms with Crippen molar-refractivity contribution in [3.8, 4) is 17.0 Å². The fraction of sp³-hybridized carbons (Fsp3) is 0.214. The number of aromatic nitrogens is 2. The van der Waals surface area contributed by atoms with Crippen molar-refractivity contribution in [3.63, 3.8) is 0 Å². The predicted molar refractivity (Wildman–Crippen MR) is 135 cm³/mol. The highest BCUT2D eigenvalue weighted by Gasteiger charge is 2.45. The van der Waals surface area contributed by atoms with Crippen LogP contribution in [0.4, 0.5) is 4.39 Å². The molecule has 9 heteroatoms. The van der Waals surface area contributed by atoms with Crippen molar-refractivity contribution < 1.29 is 23.8 Å². The number of carbonyl (C=O) groups excluding carboxylic acids is 2. The van der Waals surface area contributed by atoms with Crippen LogP contribution in [0.15, 0.2) is 66.9 Å². The van der Waals surface area contributed by atoms with Crippen molar-refractivity contribution in [2.75, 3.05) is 13.2 Å². The maximum atomic E-state index is 13.6. The second-order valence-electron chi connectivity index (χ2n) is 9.59. The Morgan fingerprint density at radius 2 is 1.95 bits per heavy atom. The number of nitrogens with zero attached hydrogens (tertiary/aromatic N) is 2. The molecule has 0 saturated carbocycles. The maximum Gasteiger partial charge on any atom is 0.251 e. The van der Waals surface area contributed by atoms with Crippen molar-refractivity contribution in [1.82, 2.24) is 15.3 Å². The summed E-state index contributed by atoms with van der Waals surface area (Å²) in [7, 11) is 0. The number of nitrogens with two attached hydrogens (primary N) is 1. The van der Waals surface area contributed by atoms with Crippen molar-refractivity contribution in [3.05, 3.63) is 89.5 Å². The summed E-state index contributed by atoms with van der Waals surface area (Å²) in [5.74, 6) is -1.04. The van der Waals surface area contributed by atoms with Crippen LogP contribution in [-0.4, -0.2) is 40.0 Å². The number of amides is 2. The van der Waals surface area contributed by atoms with E-state index in [2.05, 4.69) is 15.3 Å². The quantitative estimate of drug-likeness (QED) is 0.373. The summed E-state index contributed by atoms with van der Waals surface area (Å²) in [5, 5.41) is 15.0. The highest BCUT2D eigenvalue weighted by Crippen LogP contribution is 2.45. The fourth-order valence-electron chi connectivity index (χ4n) is 4.33. The molecule has 1 aliphatic heterocycles. The maximum absolute atomic E-state index is 13.6. The number of ether oxygens (including phenoxy) is 1. The lowest BCUT2D eigenvalue weighted by Gasteiger charge is -2.26. The summed E-state index contributed by atoms with van der Waals surface area (Å²) in [4.78, 5) is 34.1.